The van der Waals surface area contributed by atoms with E-state index in [0.717, 1.165) is 17.5 Å². The first kappa shape index (κ1) is 21.0. The van der Waals surface area contributed by atoms with Crippen LogP contribution in [0.3, 0.4) is 0 Å². The van der Waals surface area contributed by atoms with Crippen LogP contribution in [0.15, 0.2) is 9.21 Å². The fourth-order valence-corrected chi connectivity index (χ4v) is 3.40. The molecule has 0 spiro atoms. The number of aryl methyl sites for hydroxylation is 3. The fourth-order valence-electron chi connectivity index (χ4n) is 3.40. The largest absolute Gasteiger partial charge is 0.496 e. The highest BCUT2D eigenvalue weighted by atomic mass is 16.5. The van der Waals surface area contributed by atoms with E-state index in [4.69, 9.17) is 13.9 Å². The second kappa shape index (κ2) is 8.15. The van der Waals surface area contributed by atoms with Gasteiger partial charge in [0.15, 0.2) is 0 Å². The van der Waals surface area contributed by atoms with Crippen LogP contribution in [0.25, 0.3) is 11.0 Å². The molecule has 0 bridgehead atoms. The van der Waals surface area contributed by atoms with Crippen LogP contribution in [0.1, 0.15) is 60.0 Å². The first-order chi connectivity index (χ1) is 12.6. The Kier molecular flexibility index (Phi) is 6.34. The number of carbonyl (C=O) groups excluding carboxylic acids is 1. The van der Waals surface area contributed by atoms with Gasteiger partial charge in [-0.15, -0.1) is 0 Å². The van der Waals surface area contributed by atoms with Crippen LogP contribution < -0.4 is 10.2 Å². The second-order valence-corrected chi connectivity index (χ2v) is 7.59. The molecule has 27 heavy (non-hydrogen) atoms. The molecule has 0 aliphatic rings. The van der Waals surface area contributed by atoms with Gasteiger partial charge in [0.05, 0.1) is 19.6 Å². The molecule has 0 saturated heterocycles. The van der Waals surface area contributed by atoms with E-state index in [2.05, 4.69) is 20.8 Å². The fraction of sp³-hybridized carbons (Fsp3) is 0.545. The van der Waals surface area contributed by atoms with Crippen LogP contribution in [0.2, 0.25) is 0 Å². The molecule has 0 saturated carbocycles. The Balaban J connectivity index is 2.81. The first-order valence-corrected chi connectivity index (χ1v) is 9.37. The summed E-state index contributed by atoms with van der Waals surface area (Å²) in [7, 11) is 2.85. The number of ether oxygens (including phenoxy) is 2. The number of carbonyl (C=O) groups is 1. The van der Waals surface area contributed by atoms with Crippen molar-refractivity contribution in [2.75, 3.05) is 14.2 Å². The van der Waals surface area contributed by atoms with Gasteiger partial charge in [-0.1, -0.05) is 20.8 Å². The molecule has 1 heterocycles. The Bertz CT molecular complexity index is 921. The SMILES string of the molecule is COC(=O)c1c(CCC(C)C(C)C)oc2c(C)c(C)c(OC)c(C)c2c1=O. The maximum Gasteiger partial charge on any atom is 0.345 e. The Morgan fingerprint density at radius 1 is 1.04 bits per heavy atom. The van der Waals surface area contributed by atoms with Gasteiger partial charge >= 0.3 is 5.97 Å². The van der Waals surface area contributed by atoms with Crippen molar-refractivity contribution in [2.45, 2.75) is 54.4 Å². The van der Waals surface area contributed by atoms with E-state index < -0.39 is 5.97 Å². The van der Waals surface area contributed by atoms with Crippen LogP contribution >= 0.6 is 0 Å². The molecule has 5 nitrogen and oxygen atoms in total. The minimum Gasteiger partial charge on any atom is -0.496 e. The summed E-state index contributed by atoms with van der Waals surface area (Å²) in [4.78, 5) is 25.6. The molecule has 1 aromatic heterocycles. The average Bonchev–Trinajstić information content (AvgIpc) is 2.63. The number of methoxy groups -OCH3 is 2. The molecule has 148 valence electrons. The molecule has 2 rings (SSSR count). The highest BCUT2D eigenvalue weighted by Gasteiger charge is 2.26. The molecule has 0 N–H and O–H groups in total. The Labute approximate surface area is 160 Å². The van der Waals surface area contributed by atoms with Gasteiger partial charge in [-0.3, -0.25) is 4.79 Å². The van der Waals surface area contributed by atoms with Crippen molar-refractivity contribution in [3.8, 4) is 5.75 Å². The molecule has 1 unspecified atom stereocenters. The molecule has 0 aliphatic heterocycles. The summed E-state index contributed by atoms with van der Waals surface area (Å²) >= 11 is 0. The third-order valence-electron chi connectivity index (χ3n) is 5.70. The van der Waals surface area contributed by atoms with Crippen molar-refractivity contribution < 1.29 is 18.7 Å². The summed E-state index contributed by atoms with van der Waals surface area (Å²) < 4.78 is 16.5. The van der Waals surface area contributed by atoms with E-state index in [9.17, 15) is 9.59 Å². The quantitative estimate of drug-likeness (QED) is 0.683. The van der Waals surface area contributed by atoms with Gasteiger partial charge in [0, 0.05) is 12.0 Å². The van der Waals surface area contributed by atoms with Crippen LogP contribution in [0.5, 0.6) is 5.75 Å². The summed E-state index contributed by atoms with van der Waals surface area (Å²) in [6, 6.07) is 0. The standard InChI is InChI=1S/C22H30O5/c1-11(2)12(3)9-10-16-18(22(24)26-8)19(23)17-15(6)20(25-7)13(4)14(5)21(17)27-16/h11-12H,9-10H2,1-8H3. The zero-order valence-electron chi connectivity index (χ0n) is 17.6. The maximum absolute atomic E-state index is 13.3. The van der Waals surface area contributed by atoms with Crippen LogP contribution in [-0.2, 0) is 11.2 Å². The molecule has 0 aliphatic carbocycles. The lowest BCUT2D eigenvalue weighted by Crippen LogP contribution is -2.21. The number of benzene rings is 1. The normalized spacial score (nSPS) is 12.5. The highest BCUT2D eigenvalue weighted by Crippen LogP contribution is 2.34. The van der Waals surface area contributed by atoms with Gasteiger partial charge in [0.25, 0.3) is 0 Å². The Morgan fingerprint density at radius 2 is 1.67 bits per heavy atom. The predicted molar refractivity (Wildman–Crippen MR) is 107 cm³/mol. The molecule has 1 aromatic carbocycles. The summed E-state index contributed by atoms with van der Waals surface area (Å²) in [5.74, 6) is 1.34. The number of fused-ring (bicyclic) bond motifs is 1. The summed E-state index contributed by atoms with van der Waals surface area (Å²) in [5, 5.41) is 0.385. The van der Waals surface area contributed by atoms with Gasteiger partial charge in [-0.05, 0) is 50.2 Å². The highest BCUT2D eigenvalue weighted by molar-refractivity contribution is 5.96. The lowest BCUT2D eigenvalue weighted by molar-refractivity contribution is 0.0594. The molecule has 5 heteroatoms. The number of hydrogen-bond donors (Lipinski definition) is 0. The first-order valence-electron chi connectivity index (χ1n) is 9.37. The topological polar surface area (TPSA) is 65.7 Å². The predicted octanol–water partition coefficient (Wildman–Crippen LogP) is 4.74. The zero-order chi connectivity index (χ0) is 20.5. The Morgan fingerprint density at radius 3 is 2.19 bits per heavy atom. The molecule has 1 atom stereocenters. The summed E-state index contributed by atoms with van der Waals surface area (Å²) in [6.07, 6.45) is 1.34. The lowest BCUT2D eigenvalue weighted by Gasteiger charge is -2.18. The van der Waals surface area contributed by atoms with E-state index in [-0.39, 0.29) is 11.0 Å². The van der Waals surface area contributed by atoms with E-state index in [1.54, 1.807) is 7.11 Å². The average molecular weight is 374 g/mol. The van der Waals surface area contributed by atoms with Gasteiger partial charge in [0.2, 0.25) is 5.43 Å². The number of hydrogen-bond acceptors (Lipinski definition) is 5. The maximum atomic E-state index is 13.3. The smallest absolute Gasteiger partial charge is 0.345 e. The van der Waals surface area contributed by atoms with Crippen molar-refractivity contribution in [1.82, 2.24) is 0 Å². The van der Waals surface area contributed by atoms with Crippen molar-refractivity contribution in [1.29, 1.82) is 0 Å². The third-order valence-corrected chi connectivity index (χ3v) is 5.70. The molecule has 0 fully saturated rings. The molecule has 2 aromatic rings. The minimum absolute atomic E-state index is 0.00522. The van der Waals surface area contributed by atoms with Gasteiger partial charge in [-0.2, -0.15) is 0 Å². The summed E-state index contributed by atoms with van der Waals surface area (Å²) in [5.41, 5.74) is 2.62. The molecular formula is C22H30O5. The van der Waals surface area contributed by atoms with Gasteiger partial charge in [-0.25, -0.2) is 4.79 Å². The van der Waals surface area contributed by atoms with E-state index in [1.807, 2.05) is 20.8 Å². The van der Waals surface area contributed by atoms with Crippen LogP contribution in [0.4, 0.5) is 0 Å². The molecule has 0 amide bonds. The van der Waals surface area contributed by atoms with E-state index in [1.165, 1.54) is 7.11 Å². The van der Waals surface area contributed by atoms with E-state index in [0.29, 0.717) is 46.3 Å². The van der Waals surface area contributed by atoms with Crippen LogP contribution in [0, 0.1) is 32.6 Å². The summed E-state index contributed by atoms with van der Waals surface area (Å²) in [6.45, 7) is 12.1. The van der Waals surface area contributed by atoms with Gasteiger partial charge < -0.3 is 13.9 Å². The number of rotatable bonds is 6. The zero-order valence-corrected chi connectivity index (χ0v) is 17.6. The molecular weight excluding hydrogens is 344 g/mol. The third kappa shape index (κ3) is 3.73. The number of esters is 1. The minimum atomic E-state index is -0.658. The van der Waals surface area contributed by atoms with Gasteiger partial charge in [0.1, 0.15) is 22.7 Å². The monoisotopic (exact) mass is 374 g/mol. The lowest BCUT2D eigenvalue weighted by atomic mass is 9.91. The van der Waals surface area contributed by atoms with Crippen LogP contribution in [-0.4, -0.2) is 20.2 Å². The van der Waals surface area contributed by atoms with Crippen molar-refractivity contribution in [2.24, 2.45) is 11.8 Å². The van der Waals surface area contributed by atoms with Crippen molar-refractivity contribution in [3.63, 3.8) is 0 Å². The Hall–Kier alpha value is -2.30. The van der Waals surface area contributed by atoms with Crippen molar-refractivity contribution in [3.05, 3.63) is 38.2 Å². The second-order valence-electron chi connectivity index (χ2n) is 7.59. The molecule has 0 radical (unpaired) electrons. The van der Waals surface area contributed by atoms with Crippen molar-refractivity contribution >= 4 is 16.9 Å². The van der Waals surface area contributed by atoms with E-state index >= 15 is 0 Å².